The van der Waals surface area contributed by atoms with Crippen molar-refractivity contribution in [2.45, 2.75) is 63.8 Å². The lowest BCUT2D eigenvalue weighted by atomic mass is 10.3. The highest BCUT2D eigenvalue weighted by atomic mass is 32.2. The molecule has 7 nitrogen and oxygen atoms in total. The molecule has 2 aliphatic carbocycles. The van der Waals surface area contributed by atoms with Gasteiger partial charge in [0, 0.05) is 18.0 Å². The summed E-state index contributed by atoms with van der Waals surface area (Å²) < 4.78 is 10.9. The minimum Gasteiger partial charge on any atom is -0.464 e. The molecule has 29 heavy (non-hydrogen) atoms. The first-order valence-electron chi connectivity index (χ1n) is 10.1. The summed E-state index contributed by atoms with van der Waals surface area (Å²) in [6.45, 7) is 6.28. The maximum atomic E-state index is 12.8. The maximum absolute atomic E-state index is 12.8. The van der Waals surface area contributed by atoms with E-state index in [1.807, 2.05) is 17.0 Å². The van der Waals surface area contributed by atoms with Gasteiger partial charge in [0.05, 0.1) is 17.5 Å². The zero-order valence-corrected chi connectivity index (χ0v) is 17.8. The first kappa shape index (κ1) is 20.1. The Balaban J connectivity index is 1.28. The number of carbonyl (C=O) groups is 2. The van der Waals surface area contributed by atoms with E-state index in [0.29, 0.717) is 36.0 Å². The average Bonchev–Trinajstić information content (AvgIpc) is 3.58. The van der Waals surface area contributed by atoms with Gasteiger partial charge < -0.3 is 19.2 Å². The molecule has 4 rings (SSSR count). The number of nitrogens with zero attached hydrogens (tertiary/aromatic N) is 2. The molecule has 2 fully saturated rings. The van der Waals surface area contributed by atoms with Crippen LogP contribution >= 0.6 is 11.8 Å². The van der Waals surface area contributed by atoms with Gasteiger partial charge in [0.2, 0.25) is 11.8 Å². The molecule has 0 aliphatic heterocycles. The summed E-state index contributed by atoms with van der Waals surface area (Å²) in [5, 5.41) is 6.10. The van der Waals surface area contributed by atoms with Gasteiger partial charge in [-0.25, -0.2) is 0 Å². The fraction of sp³-hybridized carbons (Fsp3) is 0.571. The Morgan fingerprint density at radius 3 is 2.76 bits per heavy atom. The van der Waals surface area contributed by atoms with Crippen molar-refractivity contribution < 1.29 is 18.5 Å². The van der Waals surface area contributed by atoms with Crippen LogP contribution in [0.15, 0.2) is 27.1 Å². The van der Waals surface area contributed by atoms with Gasteiger partial charge in [0.1, 0.15) is 17.3 Å². The molecule has 2 aromatic heterocycles. The van der Waals surface area contributed by atoms with Crippen molar-refractivity contribution in [2.24, 2.45) is 5.92 Å². The minimum atomic E-state index is -0.372. The number of aryl methyl sites for hydroxylation is 1. The van der Waals surface area contributed by atoms with E-state index < -0.39 is 0 Å². The molecule has 2 heterocycles. The molecule has 1 N–H and O–H groups in total. The summed E-state index contributed by atoms with van der Waals surface area (Å²) in [6, 6.07) is 5.99. The highest BCUT2D eigenvalue weighted by Crippen LogP contribution is 2.47. The van der Waals surface area contributed by atoms with Gasteiger partial charge in [-0.1, -0.05) is 12.1 Å². The monoisotopic (exact) mass is 417 g/mol. The number of amides is 2. The Kier molecular flexibility index (Phi) is 5.72. The van der Waals surface area contributed by atoms with Gasteiger partial charge in [0.25, 0.3) is 0 Å². The Morgan fingerprint density at radius 2 is 2.14 bits per heavy atom. The third-order valence-corrected chi connectivity index (χ3v) is 6.62. The summed E-state index contributed by atoms with van der Waals surface area (Å²) in [7, 11) is 0. The fourth-order valence-corrected chi connectivity index (χ4v) is 4.15. The number of anilines is 1. The molecule has 2 aliphatic rings. The van der Waals surface area contributed by atoms with Crippen LogP contribution < -0.4 is 5.32 Å². The number of furan rings is 1. The zero-order valence-electron chi connectivity index (χ0n) is 17.0. The summed E-state index contributed by atoms with van der Waals surface area (Å²) >= 11 is 1.33. The SMILES string of the molecule is Cc1cc(NC(=O)[C@H](C)SCC(=O)N(Cc2ccc([C@@H]3C[C@H]3C)o2)C2CC2)no1. The molecule has 2 aromatic rings. The van der Waals surface area contributed by atoms with E-state index in [4.69, 9.17) is 8.94 Å². The lowest BCUT2D eigenvalue weighted by Crippen LogP contribution is -2.35. The van der Waals surface area contributed by atoms with E-state index in [0.717, 1.165) is 24.4 Å². The number of hydrogen-bond acceptors (Lipinski definition) is 6. The van der Waals surface area contributed by atoms with E-state index in [1.54, 1.807) is 19.9 Å². The Hall–Kier alpha value is -2.22. The molecule has 0 unspecified atom stereocenters. The molecule has 2 amide bonds. The maximum Gasteiger partial charge on any atom is 0.238 e. The summed E-state index contributed by atoms with van der Waals surface area (Å²) in [6.07, 6.45) is 3.25. The van der Waals surface area contributed by atoms with Gasteiger partial charge in [-0.15, -0.1) is 11.8 Å². The minimum absolute atomic E-state index is 0.0483. The number of thioether (sulfide) groups is 1. The van der Waals surface area contributed by atoms with E-state index in [2.05, 4.69) is 17.4 Å². The second-order valence-electron chi connectivity index (χ2n) is 8.14. The van der Waals surface area contributed by atoms with Gasteiger partial charge in [0.15, 0.2) is 5.82 Å². The Bertz CT molecular complexity index is 888. The third kappa shape index (κ3) is 5.04. The normalized spacial score (nSPS) is 21.6. The van der Waals surface area contributed by atoms with Crippen molar-refractivity contribution in [3.8, 4) is 0 Å². The van der Waals surface area contributed by atoms with Crippen molar-refractivity contribution in [3.63, 3.8) is 0 Å². The van der Waals surface area contributed by atoms with Crippen molar-refractivity contribution in [2.75, 3.05) is 11.1 Å². The molecular formula is C21H27N3O4S. The second-order valence-corrected chi connectivity index (χ2v) is 9.47. The summed E-state index contributed by atoms with van der Waals surface area (Å²) in [5.74, 6) is 4.26. The number of hydrogen-bond donors (Lipinski definition) is 1. The molecule has 3 atom stereocenters. The molecule has 0 bridgehead atoms. The fourth-order valence-electron chi connectivity index (χ4n) is 3.38. The third-order valence-electron chi connectivity index (χ3n) is 5.50. The predicted molar refractivity (Wildman–Crippen MR) is 111 cm³/mol. The molecule has 2 saturated carbocycles. The van der Waals surface area contributed by atoms with E-state index in [-0.39, 0.29) is 22.8 Å². The lowest BCUT2D eigenvalue weighted by molar-refractivity contribution is -0.129. The van der Waals surface area contributed by atoms with Crippen molar-refractivity contribution >= 4 is 29.4 Å². The van der Waals surface area contributed by atoms with E-state index in [9.17, 15) is 9.59 Å². The summed E-state index contributed by atoms with van der Waals surface area (Å²) in [4.78, 5) is 27.0. The van der Waals surface area contributed by atoms with Crippen LogP contribution in [0.4, 0.5) is 5.82 Å². The largest absolute Gasteiger partial charge is 0.464 e. The van der Waals surface area contributed by atoms with Crippen LogP contribution in [0.3, 0.4) is 0 Å². The van der Waals surface area contributed by atoms with E-state index >= 15 is 0 Å². The van der Waals surface area contributed by atoms with Crippen LogP contribution in [0.1, 0.15) is 56.3 Å². The molecule has 156 valence electrons. The molecule has 0 radical (unpaired) electrons. The highest BCUT2D eigenvalue weighted by Gasteiger charge is 2.37. The predicted octanol–water partition coefficient (Wildman–Crippen LogP) is 3.95. The van der Waals surface area contributed by atoms with E-state index in [1.165, 1.54) is 18.2 Å². The smallest absolute Gasteiger partial charge is 0.238 e. The molecule has 0 saturated heterocycles. The quantitative estimate of drug-likeness (QED) is 0.665. The Morgan fingerprint density at radius 1 is 1.38 bits per heavy atom. The first-order chi connectivity index (χ1) is 13.9. The van der Waals surface area contributed by atoms with Gasteiger partial charge in [-0.05, 0) is 51.2 Å². The summed E-state index contributed by atoms with van der Waals surface area (Å²) in [5.41, 5.74) is 0. The first-order valence-corrected chi connectivity index (χ1v) is 11.2. The molecule has 8 heteroatoms. The van der Waals surface area contributed by atoms with Crippen molar-refractivity contribution in [1.82, 2.24) is 10.1 Å². The van der Waals surface area contributed by atoms with Crippen LogP contribution in [0.25, 0.3) is 0 Å². The van der Waals surface area contributed by atoms with Crippen molar-refractivity contribution in [3.05, 3.63) is 35.5 Å². The topological polar surface area (TPSA) is 88.6 Å². The average molecular weight is 418 g/mol. The lowest BCUT2D eigenvalue weighted by Gasteiger charge is -2.22. The second kappa shape index (κ2) is 8.26. The van der Waals surface area contributed by atoms with Gasteiger partial charge in [-0.3, -0.25) is 9.59 Å². The van der Waals surface area contributed by atoms with Crippen LogP contribution in [0, 0.1) is 12.8 Å². The van der Waals surface area contributed by atoms with Crippen LogP contribution in [-0.4, -0.2) is 38.9 Å². The number of carbonyl (C=O) groups excluding carboxylic acids is 2. The molecular weight excluding hydrogens is 390 g/mol. The number of rotatable bonds is 9. The highest BCUT2D eigenvalue weighted by molar-refractivity contribution is 8.01. The van der Waals surface area contributed by atoms with Crippen molar-refractivity contribution in [1.29, 1.82) is 0 Å². The standard InChI is InChI=1S/C21H27N3O4S/c1-12-8-17(12)18-7-6-16(27-18)10-24(15-4-5-15)20(25)11-29-14(3)21(26)22-19-9-13(2)28-23-19/h6-7,9,12,14-15,17H,4-5,8,10-11H2,1-3H3,(H,22,23,26)/t12-,14+,17-/m1/s1. The van der Waals surface area contributed by atoms with Gasteiger partial charge >= 0.3 is 0 Å². The van der Waals surface area contributed by atoms with Crippen LogP contribution in [-0.2, 0) is 16.1 Å². The molecule has 0 spiro atoms. The zero-order chi connectivity index (χ0) is 20.5. The number of aromatic nitrogens is 1. The van der Waals surface area contributed by atoms with Crippen LogP contribution in [0.2, 0.25) is 0 Å². The van der Waals surface area contributed by atoms with Gasteiger partial charge in [-0.2, -0.15) is 0 Å². The molecule has 0 aromatic carbocycles. The number of nitrogens with one attached hydrogen (secondary N) is 1. The Labute approximate surface area is 174 Å². The van der Waals surface area contributed by atoms with Crippen LogP contribution in [0.5, 0.6) is 0 Å².